The smallest absolute Gasteiger partial charge is 0.310 e. The molecule has 1 saturated heterocycles. The average Bonchev–Trinajstić information content (AvgIpc) is 3.18. The van der Waals surface area contributed by atoms with E-state index < -0.39 is 0 Å². The molecule has 1 aliphatic rings. The summed E-state index contributed by atoms with van der Waals surface area (Å²) in [6.07, 6.45) is 3.71. The van der Waals surface area contributed by atoms with E-state index in [0.717, 1.165) is 36.3 Å². The van der Waals surface area contributed by atoms with Crippen molar-refractivity contribution in [3.63, 3.8) is 0 Å². The van der Waals surface area contributed by atoms with Gasteiger partial charge in [-0.1, -0.05) is 36.4 Å². The molecule has 0 bridgehead atoms. The van der Waals surface area contributed by atoms with Gasteiger partial charge < -0.3 is 14.0 Å². The number of nitrogens with zero attached hydrogens (tertiary/aromatic N) is 4. The number of benzene rings is 1. The first-order chi connectivity index (χ1) is 15.6. The number of piperidine rings is 1. The summed E-state index contributed by atoms with van der Waals surface area (Å²) in [5.74, 6) is -0.358. The third kappa shape index (κ3) is 4.83. The predicted molar refractivity (Wildman–Crippen MR) is 122 cm³/mol. The second-order valence-corrected chi connectivity index (χ2v) is 8.31. The van der Waals surface area contributed by atoms with Crippen molar-refractivity contribution in [1.82, 2.24) is 19.2 Å². The van der Waals surface area contributed by atoms with Crippen LogP contribution in [-0.2, 0) is 22.6 Å². The summed E-state index contributed by atoms with van der Waals surface area (Å²) in [4.78, 5) is 34.3. The van der Waals surface area contributed by atoms with Crippen LogP contribution in [0.1, 0.15) is 41.5 Å². The maximum atomic E-state index is 13.4. The molecule has 7 heteroatoms. The van der Waals surface area contributed by atoms with E-state index in [1.165, 1.54) is 0 Å². The minimum atomic E-state index is -0.130. The molecule has 0 spiro atoms. The molecule has 1 aliphatic heterocycles. The van der Waals surface area contributed by atoms with E-state index in [1.54, 1.807) is 11.9 Å². The molecule has 2 aromatic heterocycles. The summed E-state index contributed by atoms with van der Waals surface area (Å²) in [6, 6.07) is 15.7. The molecule has 1 fully saturated rings. The number of aromatic nitrogens is 2. The van der Waals surface area contributed by atoms with Crippen LogP contribution < -0.4 is 0 Å². The van der Waals surface area contributed by atoms with Gasteiger partial charge in [-0.3, -0.25) is 14.5 Å². The van der Waals surface area contributed by atoms with Crippen molar-refractivity contribution in [3.8, 4) is 0 Å². The number of fused-ring (bicyclic) bond motifs is 1. The fourth-order valence-corrected chi connectivity index (χ4v) is 4.34. The van der Waals surface area contributed by atoms with Crippen LogP contribution in [0.25, 0.3) is 5.65 Å². The van der Waals surface area contributed by atoms with E-state index in [-0.39, 0.29) is 17.8 Å². The van der Waals surface area contributed by atoms with Crippen LogP contribution in [0.15, 0.2) is 54.7 Å². The number of pyridine rings is 1. The van der Waals surface area contributed by atoms with Crippen molar-refractivity contribution < 1.29 is 14.3 Å². The lowest BCUT2D eigenvalue weighted by atomic mass is 9.98. The number of rotatable bonds is 7. The molecule has 0 saturated carbocycles. The second kappa shape index (κ2) is 9.96. The Morgan fingerprint density at radius 1 is 1.16 bits per heavy atom. The number of carbonyl (C=O) groups excluding carboxylic acids is 2. The summed E-state index contributed by atoms with van der Waals surface area (Å²) < 4.78 is 7.22. The van der Waals surface area contributed by atoms with E-state index in [9.17, 15) is 9.59 Å². The highest BCUT2D eigenvalue weighted by molar-refractivity contribution is 5.94. The number of carbonyl (C=O) groups is 2. The molecule has 7 nitrogen and oxygen atoms in total. The zero-order chi connectivity index (χ0) is 22.5. The van der Waals surface area contributed by atoms with Gasteiger partial charge in [-0.15, -0.1) is 0 Å². The van der Waals surface area contributed by atoms with Gasteiger partial charge in [0.25, 0.3) is 5.91 Å². The first kappa shape index (κ1) is 22.0. The maximum absolute atomic E-state index is 13.4. The minimum absolute atomic E-state index is 0.105. The molecule has 168 valence electrons. The molecular weight excluding hydrogens is 404 g/mol. The number of esters is 1. The van der Waals surface area contributed by atoms with Crippen LogP contribution in [0, 0.1) is 5.92 Å². The Bertz CT molecular complexity index is 1080. The minimum Gasteiger partial charge on any atom is -0.466 e. The summed E-state index contributed by atoms with van der Waals surface area (Å²) in [7, 11) is 1.81. The Balaban J connectivity index is 1.58. The van der Waals surface area contributed by atoms with E-state index >= 15 is 0 Å². The van der Waals surface area contributed by atoms with Gasteiger partial charge in [0.1, 0.15) is 5.65 Å². The molecule has 0 radical (unpaired) electrons. The van der Waals surface area contributed by atoms with Crippen molar-refractivity contribution in [1.29, 1.82) is 0 Å². The number of ether oxygens (including phenoxy) is 1. The Hall–Kier alpha value is -3.19. The Labute approximate surface area is 188 Å². The van der Waals surface area contributed by atoms with Gasteiger partial charge in [-0.2, -0.15) is 0 Å². The van der Waals surface area contributed by atoms with Crippen LogP contribution in [0.2, 0.25) is 0 Å². The number of likely N-dealkylation sites (tertiary alicyclic amines) is 1. The van der Waals surface area contributed by atoms with E-state index in [1.807, 2.05) is 66.1 Å². The first-order valence-electron chi connectivity index (χ1n) is 11.2. The molecule has 4 rings (SSSR count). The summed E-state index contributed by atoms with van der Waals surface area (Å²) in [5, 5.41) is 0. The van der Waals surface area contributed by atoms with Crippen LogP contribution in [-0.4, -0.2) is 57.8 Å². The number of hydrogen-bond acceptors (Lipinski definition) is 5. The van der Waals surface area contributed by atoms with Gasteiger partial charge in [0.2, 0.25) is 0 Å². The fourth-order valence-electron chi connectivity index (χ4n) is 4.34. The van der Waals surface area contributed by atoms with Gasteiger partial charge in [0.05, 0.1) is 18.2 Å². The van der Waals surface area contributed by atoms with Gasteiger partial charge in [0.15, 0.2) is 5.69 Å². The molecule has 32 heavy (non-hydrogen) atoms. The van der Waals surface area contributed by atoms with Crippen LogP contribution in [0.3, 0.4) is 0 Å². The fraction of sp³-hybridized carbons (Fsp3) is 0.400. The zero-order valence-electron chi connectivity index (χ0n) is 18.7. The molecule has 1 atom stereocenters. The molecule has 3 heterocycles. The standard InChI is InChI=1S/C25H30N4O3/c1-3-32-25(31)20-12-9-14-28(17-20)18-21-23(26-22-13-7-8-15-29(21)22)24(30)27(2)16-19-10-5-4-6-11-19/h4-8,10-11,13,15,20H,3,9,12,14,16-18H2,1-2H3/t20-/m0/s1. The second-order valence-electron chi connectivity index (χ2n) is 8.31. The molecular formula is C25H30N4O3. The zero-order valence-corrected chi connectivity index (χ0v) is 18.7. The molecule has 1 amide bonds. The van der Waals surface area contributed by atoms with E-state index in [4.69, 9.17) is 4.74 Å². The largest absolute Gasteiger partial charge is 0.466 e. The lowest BCUT2D eigenvalue weighted by Crippen LogP contribution is -2.39. The quantitative estimate of drug-likeness (QED) is 0.534. The average molecular weight is 435 g/mol. The van der Waals surface area contributed by atoms with E-state index in [0.29, 0.717) is 31.9 Å². The highest BCUT2D eigenvalue weighted by Crippen LogP contribution is 2.23. The van der Waals surface area contributed by atoms with Crippen LogP contribution in [0.4, 0.5) is 0 Å². The van der Waals surface area contributed by atoms with Crippen molar-refractivity contribution in [2.24, 2.45) is 5.92 Å². The topological polar surface area (TPSA) is 67.2 Å². The summed E-state index contributed by atoms with van der Waals surface area (Å²) in [6.45, 7) is 4.81. The van der Waals surface area contributed by atoms with E-state index in [2.05, 4.69) is 9.88 Å². The third-order valence-corrected chi connectivity index (χ3v) is 5.94. The third-order valence-electron chi connectivity index (χ3n) is 5.94. The predicted octanol–water partition coefficient (Wildman–Crippen LogP) is 3.38. The molecule has 3 aromatic rings. The SMILES string of the molecule is CCOC(=O)[C@H]1CCCN(Cc2c(C(=O)N(C)Cc3ccccc3)nc3ccccn23)C1. The molecule has 1 aromatic carbocycles. The summed E-state index contributed by atoms with van der Waals surface area (Å²) >= 11 is 0. The van der Waals surface area contributed by atoms with Crippen molar-refractivity contribution >= 4 is 17.5 Å². The highest BCUT2D eigenvalue weighted by Gasteiger charge is 2.29. The lowest BCUT2D eigenvalue weighted by molar-refractivity contribution is -0.150. The van der Waals surface area contributed by atoms with Gasteiger partial charge in [-0.25, -0.2) is 4.98 Å². The molecule has 0 N–H and O–H groups in total. The van der Waals surface area contributed by atoms with Gasteiger partial charge >= 0.3 is 5.97 Å². The van der Waals surface area contributed by atoms with Crippen LogP contribution in [0.5, 0.6) is 0 Å². The van der Waals surface area contributed by atoms with Crippen molar-refractivity contribution in [2.75, 3.05) is 26.7 Å². The highest BCUT2D eigenvalue weighted by atomic mass is 16.5. The van der Waals surface area contributed by atoms with Crippen molar-refractivity contribution in [3.05, 3.63) is 71.7 Å². The number of hydrogen-bond donors (Lipinski definition) is 0. The van der Waals surface area contributed by atoms with Gasteiger partial charge in [0, 0.05) is 32.9 Å². The Kier molecular flexibility index (Phi) is 6.85. The number of imidazole rings is 1. The first-order valence-corrected chi connectivity index (χ1v) is 11.2. The number of amides is 1. The maximum Gasteiger partial charge on any atom is 0.310 e. The Morgan fingerprint density at radius 2 is 1.94 bits per heavy atom. The van der Waals surface area contributed by atoms with Gasteiger partial charge in [-0.05, 0) is 44.0 Å². The molecule has 0 aliphatic carbocycles. The Morgan fingerprint density at radius 3 is 2.72 bits per heavy atom. The van der Waals surface area contributed by atoms with Crippen LogP contribution >= 0.6 is 0 Å². The lowest BCUT2D eigenvalue weighted by Gasteiger charge is -2.31. The molecule has 0 unspecified atom stereocenters. The normalized spacial score (nSPS) is 16.8. The monoisotopic (exact) mass is 434 g/mol. The van der Waals surface area contributed by atoms with Crippen molar-refractivity contribution in [2.45, 2.75) is 32.9 Å². The summed E-state index contributed by atoms with van der Waals surface area (Å²) in [5.41, 5.74) is 3.14.